The SMILES string of the molecule is Cc1csc(CCC(=O)O)c1. The Labute approximate surface area is 69.5 Å². The summed E-state index contributed by atoms with van der Waals surface area (Å²) in [6.45, 7) is 2.01. The highest BCUT2D eigenvalue weighted by atomic mass is 32.1. The van der Waals surface area contributed by atoms with Gasteiger partial charge in [0.1, 0.15) is 0 Å². The Bertz CT molecular complexity index is 252. The molecule has 0 saturated carbocycles. The van der Waals surface area contributed by atoms with Gasteiger partial charge in [-0.15, -0.1) is 11.3 Å². The van der Waals surface area contributed by atoms with Crippen LogP contribution in [0.1, 0.15) is 16.9 Å². The van der Waals surface area contributed by atoms with Crippen LogP contribution in [-0.4, -0.2) is 11.1 Å². The van der Waals surface area contributed by atoms with Crippen LogP contribution in [0.5, 0.6) is 0 Å². The molecule has 3 heteroatoms. The number of carbonyl (C=O) groups is 1. The zero-order chi connectivity index (χ0) is 8.27. The molecule has 0 saturated heterocycles. The molecule has 0 spiro atoms. The van der Waals surface area contributed by atoms with Crippen LogP contribution in [0, 0.1) is 6.92 Å². The van der Waals surface area contributed by atoms with Crippen molar-refractivity contribution >= 4 is 17.3 Å². The minimum atomic E-state index is -0.726. The molecular weight excluding hydrogens is 160 g/mol. The topological polar surface area (TPSA) is 37.3 Å². The van der Waals surface area contributed by atoms with Crippen molar-refractivity contribution in [2.45, 2.75) is 19.8 Å². The van der Waals surface area contributed by atoms with Gasteiger partial charge in [-0.25, -0.2) is 0 Å². The Balaban J connectivity index is 2.45. The van der Waals surface area contributed by atoms with E-state index in [9.17, 15) is 4.79 Å². The molecule has 1 aromatic rings. The van der Waals surface area contributed by atoms with Crippen molar-refractivity contribution in [3.8, 4) is 0 Å². The Hall–Kier alpha value is -0.830. The van der Waals surface area contributed by atoms with E-state index < -0.39 is 5.97 Å². The quantitative estimate of drug-likeness (QED) is 0.754. The van der Waals surface area contributed by atoms with Gasteiger partial charge in [-0.05, 0) is 30.4 Å². The van der Waals surface area contributed by atoms with Gasteiger partial charge in [-0.1, -0.05) is 0 Å². The fraction of sp³-hybridized carbons (Fsp3) is 0.375. The molecule has 1 rings (SSSR count). The van der Waals surface area contributed by atoms with Gasteiger partial charge in [-0.2, -0.15) is 0 Å². The number of carboxylic acid groups (broad SMARTS) is 1. The molecule has 0 unspecified atom stereocenters. The predicted octanol–water partition coefficient (Wildman–Crippen LogP) is 2.07. The predicted molar refractivity (Wildman–Crippen MR) is 45.0 cm³/mol. The number of thiophene rings is 1. The van der Waals surface area contributed by atoms with E-state index in [-0.39, 0.29) is 6.42 Å². The summed E-state index contributed by atoms with van der Waals surface area (Å²) in [5.41, 5.74) is 1.22. The van der Waals surface area contributed by atoms with E-state index >= 15 is 0 Å². The molecule has 0 fully saturated rings. The normalized spacial score (nSPS) is 9.91. The van der Waals surface area contributed by atoms with Crippen LogP contribution in [0.25, 0.3) is 0 Å². The summed E-state index contributed by atoms with van der Waals surface area (Å²) in [4.78, 5) is 11.3. The van der Waals surface area contributed by atoms with Gasteiger partial charge in [0.25, 0.3) is 0 Å². The minimum absolute atomic E-state index is 0.236. The molecule has 0 aliphatic carbocycles. The number of aliphatic carboxylic acids is 1. The van der Waals surface area contributed by atoms with Crippen LogP contribution >= 0.6 is 11.3 Å². The van der Waals surface area contributed by atoms with Crippen molar-refractivity contribution in [3.63, 3.8) is 0 Å². The first-order valence-electron chi connectivity index (χ1n) is 3.44. The molecule has 1 aromatic heterocycles. The maximum Gasteiger partial charge on any atom is 0.303 e. The lowest BCUT2D eigenvalue weighted by molar-refractivity contribution is -0.136. The third-order valence-electron chi connectivity index (χ3n) is 1.37. The lowest BCUT2D eigenvalue weighted by atomic mass is 10.2. The third kappa shape index (κ3) is 2.72. The second-order valence-corrected chi connectivity index (χ2v) is 3.48. The molecule has 11 heavy (non-hydrogen) atoms. The number of hydrogen-bond acceptors (Lipinski definition) is 2. The first-order chi connectivity index (χ1) is 5.18. The zero-order valence-corrected chi connectivity index (χ0v) is 7.15. The summed E-state index contributed by atoms with van der Waals surface area (Å²) in [5, 5.41) is 10.4. The molecule has 0 atom stereocenters. The molecule has 0 amide bonds. The summed E-state index contributed by atoms with van der Waals surface area (Å²) in [6.07, 6.45) is 0.897. The molecule has 60 valence electrons. The Morgan fingerprint density at radius 2 is 2.45 bits per heavy atom. The standard InChI is InChI=1S/C8H10O2S/c1-6-4-7(11-5-6)2-3-8(9)10/h4-5H,2-3H2,1H3,(H,9,10). The average Bonchev–Trinajstić information content (AvgIpc) is 2.31. The Morgan fingerprint density at radius 1 is 1.73 bits per heavy atom. The summed E-state index contributed by atoms with van der Waals surface area (Å²) in [5.74, 6) is -0.726. The molecule has 0 radical (unpaired) electrons. The smallest absolute Gasteiger partial charge is 0.303 e. The average molecular weight is 170 g/mol. The van der Waals surface area contributed by atoms with Crippen molar-refractivity contribution in [2.75, 3.05) is 0 Å². The van der Waals surface area contributed by atoms with Crippen molar-refractivity contribution in [3.05, 3.63) is 21.9 Å². The van der Waals surface area contributed by atoms with Crippen LogP contribution in [0.2, 0.25) is 0 Å². The highest BCUT2D eigenvalue weighted by molar-refractivity contribution is 7.10. The number of hydrogen-bond donors (Lipinski definition) is 1. The number of carboxylic acids is 1. The monoisotopic (exact) mass is 170 g/mol. The maximum absolute atomic E-state index is 10.2. The van der Waals surface area contributed by atoms with Gasteiger partial charge in [0.2, 0.25) is 0 Å². The first-order valence-corrected chi connectivity index (χ1v) is 4.32. The van der Waals surface area contributed by atoms with Crippen LogP contribution in [0.15, 0.2) is 11.4 Å². The molecular formula is C8H10O2S. The van der Waals surface area contributed by atoms with E-state index in [1.165, 1.54) is 5.56 Å². The molecule has 0 aliphatic rings. The maximum atomic E-state index is 10.2. The Kier molecular flexibility index (Phi) is 2.65. The summed E-state index contributed by atoms with van der Waals surface area (Å²) >= 11 is 1.63. The third-order valence-corrected chi connectivity index (χ3v) is 2.48. The summed E-state index contributed by atoms with van der Waals surface area (Å²) in [7, 11) is 0. The van der Waals surface area contributed by atoms with Crippen LogP contribution in [0.3, 0.4) is 0 Å². The van der Waals surface area contributed by atoms with Crippen molar-refractivity contribution < 1.29 is 9.90 Å². The van der Waals surface area contributed by atoms with E-state index in [0.29, 0.717) is 6.42 Å². The van der Waals surface area contributed by atoms with Gasteiger partial charge < -0.3 is 5.11 Å². The molecule has 1 N–H and O–H groups in total. The van der Waals surface area contributed by atoms with Crippen LogP contribution in [0.4, 0.5) is 0 Å². The molecule has 0 aromatic carbocycles. The molecule has 0 bridgehead atoms. The number of rotatable bonds is 3. The van der Waals surface area contributed by atoms with E-state index in [1.807, 2.05) is 18.4 Å². The second kappa shape index (κ2) is 3.53. The van der Waals surface area contributed by atoms with Crippen molar-refractivity contribution in [2.24, 2.45) is 0 Å². The van der Waals surface area contributed by atoms with Gasteiger partial charge in [0.05, 0.1) is 6.42 Å². The first kappa shape index (κ1) is 8.27. The highest BCUT2D eigenvalue weighted by Gasteiger charge is 2.00. The molecule has 1 heterocycles. The van der Waals surface area contributed by atoms with Gasteiger partial charge in [0, 0.05) is 4.88 Å². The zero-order valence-electron chi connectivity index (χ0n) is 6.33. The van der Waals surface area contributed by atoms with E-state index in [0.717, 1.165) is 4.88 Å². The summed E-state index contributed by atoms with van der Waals surface area (Å²) < 4.78 is 0. The highest BCUT2D eigenvalue weighted by Crippen LogP contribution is 2.14. The fourth-order valence-corrected chi connectivity index (χ4v) is 1.73. The van der Waals surface area contributed by atoms with Gasteiger partial charge in [0.15, 0.2) is 0 Å². The lowest BCUT2D eigenvalue weighted by Gasteiger charge is -1.90. The van der Waals surface area contributed by atoms with E-state index in [1.54, 1.807) is 11.3 Å². The van der Waals surface area contributed by atoms with Gasteiger partial charge in [-0.3, -0.25) is 4.79 Å². The lowest BCUT2D eigenvalue weighted by Crippen LogP contribution is -1.95. The molecule has 2 nitrogen and oxygen atoms in total. The number of aryl methyl sites for hydroxylation is 2. The summed E-state index contributed by atoms with van der Waals surface area (Å²) in [6, 6.07) is 2.04. The second-order valence-electron chi connectivity index (χ2n) is 2.48. The van der Waals surface area contributed by atoms with Crippen LogP contribution < -0.4 is 0 Å². The van der Waals surface area contributed by atoms with E-state index in [2.05, 4.69) is 0 Å². The van der Waals surface area contributed by atoms with Crippen LogP contribution in [-0.2, 0) is 11.2 Å². The molecule has 0 aliphatic heterocycles. The largest absolute Gasteiger partial charge is 0.481 e. The van der Waals surface area contributed by atoms with Crippen molar-refractivity contribution in [1.29, 1.82) is 0 Å². The van der Waals surface area contributed by atoms with Crippen molar-refractivity contribution in [1.82, 2.24) is 0 Å². The fourth-order valence-electron chi connectivity index (χ4n) is 0.852. The van der Waals surface area contributed by atoms with E-state index in [4.69, 9.17) is 5.11 Å². The minimum Gasteiger partial charge on any atom is -0.481 e. The van der Waals surface area contributed by atoms with Gasteiger partial charge >= 0.3 is 5.97 Å². The Morgan fingerprint density at radius 3 is 2.91 bits per heavy atom.